The molecule has 0 saturated heterocycles. The van der Waals surface area contributed by atoms with E-state index in [0.29, 0.717) is 18.0 Å². The van der Waals surface area contributed by atoms with Gasteiger partial charge in [-0.25, -0.2) is 15.0 Å². The molecular weight excluding hydrogens is 288 g/mol. The summed E-state index contributed by atoms with van der Waals surface area (Å²) in [7, 11) is 0. The molecule has 0 spiro atoms. The van der Waals surface area contributed by atoms with Gasteiger partial charge in [-0.2, -0.15) is 0 Å². The maximum absolute atomic E-state index is 11.1. The summed E-state index contributed by atoms with van der Waals surface area (Å²) in [5.41, 5.74) is 2.04. The second kappa shape index (κ2) is 5.59. The second-order valence-corrected chi connectivity index (χ2v) is 5.99. The lowest BCUT2D eigenvalue weighted by atomic mass is 9.79. The monoisotopic (exact) mass is 306 g/mol. The number of anilines is 1. The lowest BCUT2D eigenvalue weighted by Crippen LogP contribution is -2.37. The molecule has 5 heteroatoms. The van der Waals surface area contributed by atoms with Gasteiger partial charge in [0.2, 0.25) is 0 Å². The molecule has 1 aromatic carbocycles. The zero-order chi connectivity index (χ0) is 15.7. The first-order valence-electron chi connectivity index (χ1n) is 7.87. The van der Waals surface area contributed by atoms with Crippen LogP contribution in [0.4, 0.5) is 5.82 Å². The highest BCUT2D eigenvalue weighted by molar-refractivity contribution is 5.85. The van der Waals surface area contributed by atoms with Crippen molar-refractivity contribution in [3.05, 3.63) is 60.0 Å². The summed E-state index contributed by atoms with van der Waals surface area (Å²) in [6, 6.07) is 11.9. The fourth-order valence-corrected chi connectivity index (χ4v) is 3.35. The number of rotatable bonds is 3. The third-order valence-corrected chi connectivity index (χ3v) is 4.51. The fourth-order valence-electron chi connectivity index (χ4n) is 3.35. The van der Waals surface area contributed by atoms with Crippen LogP contribution in [-0.4, -0.2) is 26.6 Å². The number of nitrogens with zero attached hydrogens (tertiary/aromatic N) is 3. The van der Waals surface area contributed by atoms with Crippen molar-refractivity contribution in [1.29, 1.82) is 0 Å². The second-order valence-electron chi connectivity index (χ2n) is 5.99. The van der Waals surface area contributed by atoms with Crippen LogP contribution in [0.5, 0.6) is 0 Å². The quantitative estimate of drug-likeness (QED) is 0.778. The summed E-state index contributed by atoms with van der Waals surface area (Å²) in [6.07, 6.45) is 5.97. The van der Waals surface area contributed by atoms with Gasteiger partial charge in [0.05, 0.1) is 5.39 Å². The largest absolute Gasteiger partial charge is 0.383 e. The van der Waals surface area contributed by atoms with E-state index in [1.54, 1.807) is 6.20 Å². The molecule has 0 aliphatic heterocycles. The number of aliphatic hydroxyl groups is 1. The van der Waals surface area contributed by atoms with E-state index in [1.807, 2.05) is 30.3 Å². The van der Waals surface area contributed by atoms with E-state index in [1.165, 1.54) is 11.9 Å². The zero-order valence-electron chi connectivity index (χ0n) is 12.7. The average Bonchev–Trinajstić information content (AvgIpc) is 2.60. The maximum Gasteiger partial charge on any atom is 0.164 e. The summed E-state index contributed by atoms with van der Waals surface area (Å²) in [5, 5.41) is 15.3. The summed E-state index contributed by atoms with van der Waals surface area (Å²) < 4.78 is 0. The molecule has 0 radical (unpaired) electrons. The number of aryl methyl sites for hydroxylation is 1. The predicted molar refractivity (Wildman–Crippen MR) is 89.1 cm³/mol. The maximum atomic E-state index is 11.1. The highest BCUT2D eigenvalue weighted by atomic mass is 16.3. The lowest BCUT2D eigenvalue weighted by Gasteiger charge is -2.34. The van der Waals surface area contributed by atoms with Crippen LogP contribution in [0.1, 0.15) is 24.0 Å². The van der Waals surface area contributed by atoms with Gasteiger partial charge in [-0.05, 0) is 42.5 Å². The normalized spacial score (nSPS) is 20.2. The number of hydrogen-bond acceptors (Lipinski definition) is 5. The third-order valence-electron chi connectivity index (χ3n) is 4.51. The van der Waals surface area contributed by atoms with E-state index in [0.717, 1.165) is 30.2 Å². The van der Waals surface area contributed by atoms with E-state index in [-0.39, 0.29) is 0 Å². The van der Waals surface area contributed by atoms with Crippen LogP contribution in [0.2, 0.25) is 0 Å². The standard InChI is InChI=1S/C18H18N4O/c23-18(9-3-6-13-5-1-2-8-15(13)18)11-20-17-14-7-4-10-19-16(14)21-12-22-17/h1-2,4-5,7-8,10,12,23H,3,6,9,11H2,(H,19,20,21,22). The molecule has 0 bridgehead atoms. The van der Waals surface area contributed by atoms with Gasteiger partial charge in [0.15, 0.2) is 5.65 Å². The van der Waals surface area contributed by atoms with Crippen LogP contribution in [0.3, 0.4) is 0 Å². The lowest BCUT2D eigenvalue weighted by molar-refractivity contribution is 0.0322. The Hall–Kier alpha value is -2.53. The van der Waals surface area contributed by atoms with E-state index in [4.69, 9.17) is 0 Å². The Bertz CT molecular complexity index is 846. The van der Waals surface area contributed by atoms with Crippen molar-refractivity contribution < 1.29 is 5.11 Å². The van der Waals surface area contributed by atoms with Gasteiger partial charge in [0.25, 0.3) is 0 Å². The van der Waals surface area contributed by atoms with Gasteiger partial charge < -0.3 is 10.4 Å². The molecule has 1 aliphatic rings. The van der Waals surface area contributed by atoms with Crippen LogP contribution >= 0.6 is 0 Å². The number of pyridine rings is 1. The first-order valence-corrected chi connectivity index (χ1v) is 7.87. The Morgan fingerprint density at radius 2 is 2.00 bits per heavy atom. The molecule has 23 heavy (non-hydrogen) atoms. The molecule has 2 aromatic heterocycles. The molecule has 1 aliphatic carbocycles. The molecule has 0 saturated carbocycles. The van der Waals surface area contributed by atoms with Gasteiger partial charge >= 0.3 is 0 Å². The van der Waals surface area contributed by atoms with Gasteiger partial charge in [-0.15, -0.1) is 0 Å². The van der Waals surface area contributed by atoms with E-state index < -0.39 is 5.60 Å². The van der Waals surface area contributed by atoms with Crippen molar-refractivity contribution in [2.75, 3.05) is 11.9 Å². The van der Waals surface area contributed by atoms with Crippen molar-refractivity contribution in [1.82, 2.24) is 15.0 Å². The minimum atomic E-state index is -0.867. The first-order chi connectivity index (χ1) is 11.3. The van der Waals surface area contributed by atoms with E-state index in [2.05, 4.69) is 26.3 Å². The van der Waals surface area contributed by atoms with Gasteiger partial charge in [0.1, 0.15) is 17.7 Å². The minimum absolute atomic E-state index is 0.422. The average molecular weight is 306 g/mol. The number of benzene rings is 1. The third kappa shape index (κ3) is 2.53. The summed E-state index contributed by atoms with van der Waals surface area (Å²) in [6.45, 7) is 0.422. The van der Waals surface area contributed by atoms with Gasteiger partial charge in [-0.1, -0.05) is 24.3 Å². The van der Waals surface area contributed by atoms with Crippen molar-refractivity contribution in [2.45, 2.75) is 24.9 Å². The highest BCUT2D eigenvalue weighted by Gasteiger charge is 2.34. The minimum Gasteiger partial charge on any atom is -0.383 e. The Morgan fingerprint density at radius 1 is 1.09 bits per heavy atom. The van der Waals surface area contributed by atoms with Crippen molar-refractivity contribution in [2.24, 2.45) is 0 Å². The Kier molecular flexibility index (Phi) is 3.42. The number of nitrogens with one attached hydrogen (secondary N) is 1. The first kappa shape index (κ1) is 14.1. The summed E-state index contributed by atoms with van der Waals surface area (Å²) in [4.78, 5) is 12.7. The Morgan fingerprint density at radius 3 is 2.96 bits per heavy atom. The topological polar surface area (TPSA) is 70.9 Å². The van der Waals surface area contributed by atoms with E-state index in [9.17, 15) is 5.11 Å². The molecule has 116 valence electrons. The SMILES string of the molecule is OC1(CNc2ncnc3ncccc23)CCCc2ccccc21. The summed E-state index contributed by atoms with van der Waals surface area (Å²) >= 11 is 0. The zero-order valence-corrected chi connectivity index (χ0v) is 12.7. The van der Waals surface area contributed by atoms with E-state index >= 15 is 0 Å². The predicted octanol–water partition coefficient (Wildman–Crippen LogP) is 2.66. The van der Waals surface area contributed by atoms with Crippen LogP contribution in [0, 0.1) is 0 Å². The molecule has 0 fully saturated rings. The number of aromatic nitrogens is 3. The molecule has 1 atom stereocenters. The Balaban J connectivity index is 1.64. The van der Waals surface area contributed by atoms with Crippen molar-refractivity contribution in [3.8, 4) is 0 Å². The van der Waals surface area contributed by atoms with Crippen molar-refractivity contribution >= 4 is 16.9 Å². The fraction of sp³-hybridized carbons (Fsp3) is 0.278. The van der Waals surface area contributed by atoms with Gasteiger partial charge in [-0.3, -0.25) is 0 Å². The molecule has 3 aromatic rings. The van der Waals surface area contributed by atoms with Crippen LogP contribution in [0.15, 0.2) is 48.9 Å². The number of hydrogen-bond donors (Lipinski definition) is 2. The molecule has 1 unspecified atom stereocenters. The number of fused-ring (bicyclic) bond motifs is 2. The molecule has 2 N–H and O–H groups in total. The summed E-state index contributed by atoms with van der Waals surface area (Å²) in [5.74, 6) is 0.708. The molecule has 2 heterocycles. The molecule has 4 rings (SSSR count). The van der Waals surface area contributed by atoms with Crippen molar-refractivity contribution in [3.63, 3.8) is 0 Å². The highest BCUT2D eigenvalue weighted by Crippen LogP contribution is 2.35. The van der Waals surface area contributed by atoms with Crippen LogP contribution in [-0.2, 0) is 12.0 Å². The molecule has 5 nitrogen and oxygen atoms in total. The van der Waals surface area contributed by atoms with Crippen LogP contribution in [0.25, 0.3) is 11.0 Å². The molecular formula is C18H18N4O. The smallest absolute Gasteiger partial charge is 0.164 e. The van der Waals surface area contributed by atoms with Gasteiger partial charge in [0, 0.05) is 12.7 Å². The Labute approximate surface area is 134 Å². The molecule has 0 amide bonds. The van der Waals surface area contributed by atoms with Crippen LogP contribution < -0.4 is 5.32 Å².